The Balaban J connectivity index is 3.16. The molecule has 0 heterocycles. The Morgan fingerprint density at radius 2 is 1.75 bits per heavy atom. The number of rotatable bonds is 4. The van der Waals surface area contributed by atoms with E-state index in [-0.39, 0.29) is 0 Å². The zero-order valence-corrected chi connectivity index (χ0v) is 9.48. The SMILES string of the molecule is COc1cc(/C=C/C(=O)O)cc(OC)c1C. The van der Waals surface area contributed by atoms with E-state index in [1.165, 1.54) is 6.08 Å². The van der Waals surface area contributed by atoms with Crippen molar-refractivity contribution in [1.82, 2.24) is 0 Å². The number of carboxylic acid groups (broad SMARTS) is 1. The van der Waals surface area contributed by atoms with E-state index in [2.05, 4.69) is 0 Å². The number of methoxy groups -OCH3 is 2. The summed E-state index contributed by atoms with van der Waals surface area (Å²) in [7, 11) is 3.12. The molecule has 1 aromatic rings. The molecule has 0 aliphatic carbocycles. The van der Waals surface area contributed by atoms with E-state index in [4.69, 9.17) is 14.6 Å². The van der Waals surface area contributed by atoms with Crippen LogP contribution in [0.15, 0.2) is 18.2 Å². The van der Waals surface area contributed by atoms with Crippen LogP contribution < -0.4 is 9.47 Å². The third-order valence-corrected chi connectivity index (χ3v) is 2.19. The highest BCUT2D eigenvalue weighted by Gasteiger charge is 2.06. The first kappa shape index (κ1) is 12.1. The largest absolute Gasteiger partial charge is 0.496 e. The molecule has 0 atom stereocenters. The zero-order valence-electron chi connectivity index (χ0n) is 9.48. The summed E-state index contributed by atoms with van der Waals surface area (Å²) < 4.78 is 10.3. The second-order valence-electron chi connectivity index (χ2n) is 3.22. The Bertz CT molecular complexity index is 396. The predicted octanol–water partition coefficient (Wildman–Crippen LogP) is 2.11. The molecule has 0 aromatic heterocycles. The van der Waals surface area contributed by atoms with Crippen LogP contribution in [0.25, 0.3) is 6.08 Å². The summed E-state index contributed by atoms with van der Waals surface area (Å²) in [5.41, 5.74) is 1.61. The summed E-state index contributed by atoms with van der Waals surface area (Å²) in [6.07, 6.45) is 2.57. The fourth-order valence-electron chi connectivity index (χ4n) is 1.37. The van der Waals surface area contributed by atoms with Gasteiger partial charge in [-0.3, -0.25) is 0 Å². The summed E-state index contributed by atoms with van der Waals surface area (Å²) >= 11 is 0. The molecule has 86 valence electrons. The van der Waals surface area contributed by atoms with Crippen LogP contribution in [0.5, 0.6) is 11.5 Å². The smallest absolute Gasteiger partial charge is 0.328 e. The maximum Gasteiger partial charge on any atom is 0.328 e. The average Bonchev–Trinajstić information content (AvgIpc) is 2.27. The van der Waals surface area contributed by atoms with Crippen molar-refractivity contribution in [3.63, 3.8) is 0 Å². The lowest BCUT2D eigenvalue weighted by molar-refractivity contribution is -0.131. The van der Waals surface area contributed by atoms with Crippen LogP contribution in [0, 0.1) is 6.92 Å². The van der Waals surface area contributed by atoms with Crippen molar-refractivity contribution in [2.24, 2.45) is 0 Å². The van der Waals surface area contributed by atoms with Gasteiger partial charge in [0, 0.05) is 11.6 Å². The molecule has 0 saturated heterocycles. The summed E-state index contributed by atoms with van der Waals surface area (Å²) in [5, 5.41) is 8.53. The molecule has 1 rings (SSSR count). The van der Waals surface area contributed by atoms with Gasteiger partial charge in [-0.1, -0.05) is 0 Å². The van der Waals surface area contributed by atoms with Gasteiger partial charge in [-0.25, -0.2) is 4.79 Å². The second kappa shape index (κ2) is 5.21. The van der Waals surface area contributed by atoms with Crippen LogP contribution in [0.1, 0.15) is 11.1 Å². The van der Waals surface area contributed by atoms with Gasteiger partial charge < -0.3 is 14.6 Å². The van der Waals surface area contributed by atoms with Gasteiger partial charge in [0.25, 0.3) is 0 Å². The normalized spacial score (nSPS) is 10.4. The van der Waals surface area contributed by atoms with Crippen molar-refractivity contribution in [2.45, 2.75) is 6.92 Å². The van der Waals surface area contributed by atoms with E-state index in [1.807, 2.05) is 6.92 Å². The molecule has 4 heteroatoms. The lowest BCUT2D eigenvalue weighted by Crippen LogP contribution is -1.94. The average molecular weight is 222 g/mol. The van der Waals surface area contributed by atoms with Gasteiger partial charge in [0.05, 0.1) is 14.2 Å². The van der Waals surface area contributed by atoms with Crippen LogP contribution in [0.4, 0.5) is 0 Å². The minimum Gasteiger partial charge on any atom is -0.496 e. The molecule has 0 aliphatic heterocycles. The molecular formula is C12H14O4. The Hall–Kier alpha value is -1.97. The van der Waals surface area contributed by atoms with Crippen LogP contribution in [-0.4, -0.2) is 25.3 Å². The molecule has 0 unspecified atom stereocenters. The highest BCUT2D eigenvalue weighted by Crippen LogP contribution is 2.29. The van der Waals surface area contributed by atoms with E-state index in [0.29, 0.717) is 11.5 Å². The molecule has 4 nitrogen and oxygen atoms in total. The van der Waals surface area contributed by atoms with E-state index in [9.17, 15) is 4.79 Å². The van der Waals surface area contributed by atoms with Crippen LogP contribution >= 0.6 is 0 Å². The molecule has 0 aliphatic rings. The summed E-state index contributed by atoms with van der Waals surface area (Å²) in [6.45, 7) is 1.88. The number of hydrogen-bond donors (Lipinski definition) is 1. The Kier molecular flexibility index (Phi) is 3.94. The number of hydrogen-bond acceptors (Lipinski definition) is 3. The molecule has 1 aromatic carbocycles. The summed E-state index contributed by atoms with van der Waals surface area (Å²) in [4.78, 5) is 10.4. The molecular weight excluding hydrogens is 208 g/mol. The van der Waals surface area contributed by atoms with Gasteiger partial charge in [-0.15, -0.1) is 0 Å². The minimum atomic E-state index is -0.987. The maximum absolute atomic E-state index is 10.4. The standard InChI is InChI=1S/C12H14O4/c1-8-10(15-2)6-9(4-5-12(13)14)7-11(8)16-3/h4-7H,1-3H3,(H,13,14)/b5-4+. The van der Waals surface area contributed by atoms with Gasteiger partial charge in [0.2, 0.25) is 0 Å². The van der Waals surface area contributed by atoms with Crippen LogP contribution in [0.3, 0.4) is 0 Å². The van der Waals surface area contributed by atoms with Crippen molar-refractivity contribution < 1.29 is 19.4 Å². The Morgan fingerprint density at radius 1 is 1.25 bits per heavy atom. The van der Waals surface area contributed by atoms with Crippen molar-refractivity contribution in [3.05, 3.63) is 29.3 Å². The van der Waals surface area contributed by atoms with Gasteiger partial charge >= 0.3 is 5.97 Å². The molecule has 1 N–H and O–H groups in total. The minimum absolute atomic E-state index is 0.671. The fraction of sp³-hybridized carbons (Fsp3) is 0.250. The van der Waals surface area contributed by atoms with Crippen molar-refractivity contribution >= 4 is 12.0 Å². The molecule has 0 amide bonds. The Labute approximate surface area is 94.1 Å². The van der Waals surface area contributed by atoms with Gasteiger partial charge in [0.1, 0.15) is 11.5 Å². The third-order valence-electron chi connectivity index (χ3n) is 2.19. The molecule has 0 saturated carbocycles. The van der Waals surface area contributed by atoms with E-state index >= 15 is 0 Å². The predicted molar refractivity (Wildman–Crippen MR) is 61.0 cm³/mol. The quantitative estimate of drug-likeness (QED) is 0.793. The van der Waals surface area contributed by atoms with Crippen LogP contribution in [-0.2, 0) is 4.79 Å². The molecule has 0 fully saturated rings. The van der Waals surface area contributed by atoms with Crippen molar-refractivity contribution in [3.8, 4) is 11.5 Å². The van der Waals surface area contributed by atoms with E-state index in [1.54, 1.807) is 26.4 Å². The van der Waals surface area contributed by atoms with Crippen molar-refractivity contribution in [1.29, 1.82) is 0 Å². The topological polar surface area (TPSA) is 55.8 Å². The summed E-state index contributed by atoms with van der Waals surface area (Å²) in [5.74, 6) is 0.354. The first-order valence-corrected chi connectivity index (χ1v) is 4.72. The highest BCUT2D eigenvalue weighted by molar-refractivity contribution is 5.85. The second-order valence-corrected chi connectivity index (χ2v) is 3.22. The number of aliphatic carboxylic acids is 1. The molecule has 16 heavy (non-hydrogen) atoms. The van der Waals surface area contributed by atoms with E-state index < -0.39 is 5.97 Å². The first-order chi connectivity index (χ1) is 7.58. The lowest BCUT2D eigenvalue weighted by Gasteiger charge is -2.10. The molecule has 0 radical (unpaired) electrons. The van der Waals surface area contributed by atoms with Crippen LogP contribution in [0.2, 0.25) is 0 Å². The van der Waals surface area contributed by atoms with Gasteiger partial charge in [-0.05, 0) is 30.7 Å². The monoisotopic (exact) mass is 222 g/mol. The lowest BCUT2D eigenvalue weighted by atomic mass is 10.1. The third kappa shape index (κ3) is 2.76. The van der Waals surface area contributed by atoms with E-state index in [0.717, 1.165) is 17.2 Å². The zero-order chi connectivity index (χ0) is 12.1. The first-order valence-electron chi connectivity index (χ1n) is 4.72. The number of carbonyl (C=O) groups is 1. The number of ether oxygens (including phenoxy) is 2. The van der Waals surface area contributed by atoms with Gasteiger partial charge in [0.15, 0.2) is 0 Å². The fourth-order valence-corrected chi connectivity index (χ4v) is 1.37. The maximum atomic E-state index is 10.4. The summed E-state index contributed by atoms with van der Waals surface area (Å²) in [6, 6.07) is 3.52. The van der Waals surface area contributed by atoms with Crippen molar-refractivity contribution in [2.75, 3.05) is 14.2 Å². The highest BCUT2D eigenvalue weighted by atomic mass is 16.5. The number of carboxylic acids is 1. The molecule has 0 bridgehead atoms. The molecule has 0 spiro atoms. The Morgan fingerprint density at radius 3 is 2.12 bits per heavy atom. The number of benzene rings is 1. The van der Waals surface area contributed by atoms with Gasteiger partial charge in [-0.2, -0.15) is 0 Å².